The zero-order valence-corrected chi connectivity index (χ0v) is 15.9. The van der Waals surface area contributed by atoms with Crippen LogP contribution in [-0.2, 0) is 4.79 Å². The molecule has 26 heavy (non-hydrogen) atoms. The summed E-state index contributed by atoms with van der Waals surface area (Å²) in [4.78, 5) is 31.1. The Balaban J connectivity index is 1.98. The fraction of sp³-hybridized carbons (Fsp3) is 0.579. The number of nitrogens with two attached hydrogens (primary N) is 1. The maximum Gasteiger partial charge on any atom is 0.254 e. The Morgan fingerprint density at radius 1 is 1.19 bits per heavy atom. The van der Waals surface area contributed by atoms with Gasteiger partial charge in [-0.15, -0.1) is 0 Å². The highest BCUT2D eigenvalue weighted by Gasteiger charge is 2.28. The summed E-state index contributed by atoms with van der Waals surface area (Å²) in [6, 6.07) is 2.05. The minimum absolute atomic E-state index is 0.0227. The van der Waals surface area contributed by atoms with Crippen LogP contribution in [-0.4, -0.2) is 44.6 Å². The van der Waals surface area contributed by atoms with Gasteiger partial charge >= 0.3 is 0 Å². The van der Waals surface area contributed by atoms with Crippen molar-refractivity contribution in [3.63, 3.8) is 0 Å². The van der Waals surface area contributed by atoms with Gasteiger partial charge in [-0.25, -0.2) is 9.67 Å². The number of piperidine rings is 1. The van der Waals surface area contributed by atoms with Gasteiger partial charge < -0.3 is 10.6 Å². The number of carbonyl (C=O) groups is 2. The first kappa shape index (κ1) is 18.4. The lowest BCUT2D eigenvalue weighted by molar-refractivity contribution is -0.123. The molecule has 0 saturated carbocycles. The van der Waals surface area contributed by atoms with Crippen molar-refractivity contribution in [2.75, 3.05) is 13.1 Å². The van der Waals surface area contributed by atoms with Crippen LogP contribution in [0.3, 0.4) is 0 Å². The molecule has 0 radical (unpaired) electrons. The minimum Gasteiger partial charge on any atom is -0.369 e. The molecule has 3 heterocycles. The Kier molecular flexibility index (Phi) is 4.98. The maximum atomic E-state index is 13.2. The standard InChI is InChI=1S/C19H27N5O2/c1-11(2)16-9-14(15-10-21-24(12(3)4)18(15)22-16)19(26)23-7-5-13(6-8-23)17(20)25/h9-13H,5-8H2,1-4H3,(H2,20,25). The van der Waals surface area contributed by atoms with E-state index in [9.17, 15) is 9.59 Å². The topological polar surface area (TPSA) is 94.1 Å². The van der Waals surface area contributed by atoms with Gasteiger partial charge in [0, 0.05) is 30.7 Å². The Morgan fingerprint density at radius 3 is 2.38 bits per heavy atom. The van der Waals surface area contributed by atoms with E-state index in [-0.39, 0.29) is 29.7 Å². The number of carbonyl (C=O) groups excluding carboxylic acids is 2. The Bertz CT molecular complexity index is 832. The van der Waals surface area contributed by atoms with Gasteiger partial charge in [0.1, 0.15) is 0 Å². The first-order chi connectivity index (χ1) is 12.3. The van der Waals surface area contributed by atoms with Crippen molar-refractivity contribution >= 4 is 22.8 Å². The molecule has 1 aliphatic heterocycles. The molecule has 1 fully saturated rings. The van der Waals surface area contributed by atoms with Crippen LogP contribution in [0.5, 0.6) is 0 Å². The molecule has 0 aromatic carbocycles. The van der Waals surface area contributed by atoms with Gasteiger partial charge in [-0.2, -0.15) is 5.10 Å². The fourth-order valence-electron chi connectivity index (χ4n) is 3.43. The van der Waals surface area contributed by atoms with Crippen molar-refractivity contribution in [1.29, 1.82) is 0 Å². The van der Waals surface area contributed by atoms with Crippen molar-refractivity contribution in [3.8, 4) is 0 Å². The number of aromatic nitrogens is 3. The molecule has 140 valence electrons. The molecule has 0 spiro atoms. The van der Waals surface area contributed by atoms with Crippen LogP contribution in [0.4, 0.5) is 0 Å². The summed E-state index contributed by atoms with van der Waals surface area (Å²) in [5, 5.41) is 5.22. The van der Waals surface area contributed by atoms with Gasteiger partial charge in [0.25, 0.3) is 5.91 Å². The van der Waals surface area contributed by atoms with Crippen LogP contribution in [0, 0.1) is 5.92 Å². The number of nitrogens with zero attached hydrogens (tertiary/aromatic N) is 4. The average molecular weight is 357 g/mol. The SMILES string of the molecule is CC(C)c1cc(C(=O)N2CCC(C(N)=O)CC2)c2cnn(C(C)C)c2n1. The molecular weight excluding hydrogens is 330 g/mol. The van der Waals surface area contributed by atoms with E-state index >= 15 is 0 Å². The third-order valence-electron chi connectivity index (χ3n) is 5.08. The smallest absolute Gasteiger partial charge is 0.254 e. The largest absolute Gasteiger partial charge is 0.369 e. The summed E-state index contributed by atoms with van der Waals surface area (Å²) in [5.41, 5.74) is 7.67. The number of amides is 2. The van der Waals surface area contributed by atoms with E-state index in [0.29, 0.717) is 31.5 Å². The molecule has 3 rings (SSSR count). The highest BCUT2D eigenvalue weighted by atomic mass is 16.2. The second-order valence-electron chi connectivity index (χ2n) is 7.64. The van der Waals surface area contributed by atoms with E-state index in [1.165, 1.54) is 0 Å². The molecule has 0 atom stereocenters. The van der Waals surface area contributed by atoms with Gasteiger partial charge in [0.2, 0.25) is 5.91 Å². The van der Waals surface area contributed by atoms with Crippen molar-refractivity contribution in [3.05, 3.63) is 23.5 Å². The third-order valence-corrected chi connectivity index (χ3v) is 5.08. The number of likely N-dealkylation sites (tertiary alicyclic amines) is 1. The monoisotopic (exact) mass is 357 g/mol. The van der Waals surface area contributed by atoms with Crippen molar-refractivity contribution in [2.45, 2.75) is 52.5 Å². The first-order valence-corrected chi connectivity index (χ1v) is 9.26. The molecule has 1 aliphatic rings. The summed E-state index contributed by atoms with van der Waals surface area (Å²) in [6.07, 6.45) is 2.98. The quantitative estimate of drug-likeness (QED) is 0.909. The lowest BCUT2D eigenvalue weighted by atomic mass is 9.95. The van der Waals surface area contributed by atoms with E-state index in [2.05, 4.69) is 18.9 Å². The number of hydrogen-bond acceptors (Lipinski definition) is 4. The molecule has 0 unspecified atom stereocenters. The molecule has 0 aliphatic carbocycles. The Morgan fingerprint density at radius 2 is 1.85 bits per heavy atom. The van der Waals surface area contributed by atoms with Gasteiger partial charge in [0.15, 0.2) is 5.65 Å². The Hall–Kier alpha value is -2.44. The van der Waals surface area contributed by atoms with E-state index in [0.717, 1.165) is 16.7 Å². The summed E-state index contributed by atoms with van der Waals surface area (Å²) >= 11 is 0. The van der Waals surface area contributed by atoms with Crippen LogP contribution in [0.25, 0.3) is 11.0 Å². The number of pyridine rings is 1. The van der Waals surface area contributed by atoms with Gasteiger partial charge in [-0.1, -0.05) is 13.8 Å². The summed E-state index contributed by atoms with van der Waals surface area (Å²) in [5.74, 6) is -0.220. The highest BCUT2D eigenvalue weighted by Crippen LogP contribution is 2.27. The van der Waals surface area contributed by atoms with Crippen molar-refractivity contribution < 1.29 is 9.59 Å². The molecular formula is C19H27N5O2. The van der Waals surface area contributed by atoms with Crippen LogP contribution in [0.2, 0.25) is 0 Å². The maximum absolute atomic E-state index is 13.2. The van der Waals surface area contributed by atoms with Gasteiger partial charge in [-0.3, -0.25) is 9.59 Å². The fourth-order valence-corrected chi connectivity index (χ4v) is 3.43. The van der Waals surface area contributed by atoms with Crippen molar-refractivity contribution in [1.82, 2.24) is 19.7 Å². The van der Waals surface area contributed by atoms with Gasteiger partial charge in [0.05, 0.1) is 17.1 Å². The number of fused-ring (bicyclic) bond motifs is 1. The zero-order valence-electron chi connectivity index (χ0n) is 15.9. The summed E-state index contributed by atoms with van der Waals surface area (Å²) < 4.78 is 1.86. The summed E-state index contributed by atoms with van der Waals surface area (Å²) in [7, 11) is 0. The van der Waals surface area contributed by atoms with Crippen molar-refractivity contribution in [2.24, 2.45) is 11.7 Å². The summed E-state index contributed by atoms with van der Waals surface area (Å²) in [6.45, 7) is 9.32. The molecule has 2 aromatic rings. The lowest BCUT2D eigenvalue weighted by Gasteiger charge is -2.30. The van der Waals surface area contributed by atoms with Crippen LogP contribution < -0.4 is 5.73 Å². The normalized spacial score (nSPS) is 16.0. The third kappa shape index (κ3) is 3.30. The van der Waals surface area contributed by atoms with Crippen LogP contribution in [0.15, 0.2) is 12.3 Å². The molecule has 7 nitrogen and oxygen atoms in total. The average Bonchev–Trinajstić information content (AvgIpc) is 3.04. The molecule has 2 amide bonds. The predicted molar refractivity (Wildman–Crippen MR) is 99.8 cm³/mol. The zero-order chi connectivity index (χ0) is 19.0. The number of primary amides is 1. The molecule has 7 heteroatoms. The minimum atomic E-state index is -0.274. The highest BCUT2D eigenvalue weighted by molar-refractivity contribution is 6.05. The first-order valence-electron chi connectivity index (χ1n) is 9.26. The van der Waals surface area contributed by atoms with Crippen LogP contribution >= 0.6 is 0 Å². The van der Waals surface area contributed by atoms with E-state index in [4.69, 9.17) is 10.7 Å². The van der Waals surface area contributed by atoms with E-state index < -0.39 is 0 Å². The second kappa shape index (κ2) is 7.05. The Labute approximate surface area is 153 Å². The number of rotatable bonds is 4. The molecule has 1 saturated heterocycles. The molecule has 0 bridgehead atoms. The molecule has 2 aromatic heterocycles. The van der Waals surface area contributed by atoms with E-state index in [1.54, 1.807) is 6.20 Å². The molecule has 2 N–H and O–H groups in total. The van der Waals surface area contributed by atoms with Crippen LogP contribution in [0.1, 0.15) is 68.5 Å². The van der Waals surface area contributed by atoms with E-state index in [1.807, 2.05) is 29.5 Å². The lowest BCUT2D eigenvalue weighted by Crippen LogP contribution is -2.41. The second-order valence-corrected chi connectivity index (χ2v) is 7.64. The predicted octanol–water partition coefficient (Wildman–Crippen LogP) is 2.47. The van der Waals surface area contributed by atoms with Gasteiger partial charge in [-0.05, 0) is 38.7 Å². The number of hydrogen-bond donors (Lipinski definition) is 1.